The summed E-state index contributed by atoms with van der Waals surface area (Å²) in [4.78, 5) is 31.7. The highest BCUT2D eigenvalue weighted by molar-refractivity contribution is 7.07. The maximum atomic E-state index is 13.7. The molecule has 0 spiro atoms. The number of benzene rings is 2. The molecular weight excluding hydrogens is 486 g/mol. The molecular formula is C26H22ClN3O4S. The molecule has 0 saturated heterocycles. The second-order valence-electron chi connectivity index (χ2n) is 7.84. The van der Waals surface area contributed by atoms with Crippen LogP contribution in [0.15, 0.2) is 63.5 Å². The molecule has 0 amide bonds. The molecule has 0 aliphatic carbocycles. The van der Waals surface area contributed by atoms with Gasteiger partial charge in [0.1, 0.15) is 11.8 Å². The van der Waals surface area contributed by atoms with E-state index in [0.717, 1.165) is 11.1 Å². The minimum absolute atomic E-state index is 0.140. The number of hydrogen-bond donors (Lipinski definition) is 0. The first-order chi connectivity index (χ1) is 16.8. The first-order valence-corrected chi connectivity index (χ1v) is 12.1. The summed E-state index contributed by atoms with van der Waals surface area (Å²) < 4.78 is 12.7. The van der Waals surface area contributed by atoms with Crippen molar-refractivity contribution in [3.8, 4) is 11.8 Å². The Bertz CT molecular complexity index is 1550. The molecule has 1 atom stereocenters. The van der Waals surface area contributed by atoms with E-state index in [9.17, 15) is 9.59 Å². The van der Waals surface area contributed by atoms with Crippen molar-refractivity contribution < 1.29 is 14.3 Å². The first-order valence-electron chi connectivity index (χ1n) is 10.9. The normalized spacial score (nSPS) is 15.3. The molecule has 2 heterocycles. The van der Waals surface area contributed by atoms with Gasteiger partial charge in [0.2, 0.25) is 0 Å². The maximum absolute atomic E-state index is 13.7. The van der Waals surface area contributed by atoms with Crippen LogP contribution in [0.2, 0.25) is 5.02 Å². The summed E-state index contributed by atoms with van der Waals surface area (Å²) in [6.45, 7) is 5.52. The van der Waals surface area contributed by atoms with Crippen molar-refractivity contribution in [2.24, 2.45) is 4.99 Å². The highest BCUT2D eigenvalue weighted by Crippen LogP contribution is 2.31. The molecule has 0 radical (unpaired) electrons. The Morgan fingerprint density at radius 1 is 1.26 bits per heavy atom. The summed E-state index contributed by atoms with van der Waals surface area (Å²) in [5, 5.41) is 9.35. The topological polar surface area (TPSA) is 93.7 Å². The molecule has 0 N–H and O–H groups in total. The summed E-state index contributed by atoms with van der Waals surface area (Å²) in [5.74, 6) is -0.0732. The van der Waals surface area contributed by atoms with E-state index in [2.05, 4.69) is 4.99 Å². The van der Waals surface area contributed by atoms with Crippen LogP contribution in [-0.4, -0.2) is 23.8 Å². The number of carbonyl (C=O) groups excluding carboxylic acids is 1. The Labute approximate surface area is 210 Å². The number of hydrogen-bond acceptors (Lipinski definition) is 7. The smallest absolute Gasteiger partial charge is 0.338 e. The number of fused-ring (bicyclic) bond motifs is 1. The van der Waals surface area contributed by atoms with Crippen molar-refractivity contribution in [2.75, 3.05) is 13.2 Å². The van der Waals surface area contributed by atoms with Gasteiger partial charge in [-0.15, -0.1) is 0 Å². The van der Waals surface area contributed by atoms with Gasteiger partial charge in [-0.25, -0.2) is 9.79 Å². The lowest BCUT2D eigenvalue weighted by atomic mass is 9.95. The van der Waals surface area contributed by atoms with Gasteiger partial charge >= 0.3 is 5.97 Å². The largest absolute Gasteiger partial charge is 0.478 e. The van der Waals surface area contributed by atoms with Crippen LogP contribution < -0.4 is 19.6 Å². The molecule has 3 aromatic rings. The number of allylic oxidation sites excluding steroid dienone is 1. The number of carbonyl (C=O) groups is 1. The Kier molecular flexibility index (Phi) is 7.20. The van der Waals surface area contributed by atoms with E-state index in [4.69, 9.17) is 26.3 Å². The molecule has 1 aliphatic heterocycles. The van der Waals surface area contributed by atoms with E-state index in [1.165, 1.54) is 15.9 Å². The molecule has 2 aromatic carbocycles. The fourth-order valence-electron chi connectivity index (χ4n) is 3.87. The van der Waals surface area contributed by atoms with Crippen LogP contribution in [0.4, 0.5) is 0 Å². The number of halogens is 1. The van der Waals surface area contributed by atoms with E-state index < -0.39 is 12.0 Å². The number of esters is 1. The fraction of sp³-hybridized carbons (Fsp3) is 0.231. The van der Waals surface area contributed by atoms with Gasteiger partial charge in [-0.1, -0.05) is 52.8 Å². The lowest BCUT2D eigenvalue weighted by Gasteiger charge is -2.24. The van der Waals surface area contributed by atoms with Gasteiger partial charge in [-0.05, 0) is 50.6 Å². The monoisotopic (exact) mass is 507 g/mol. The number of aryl methyl sites for hydroxylation is 1. The number of ether oxygens (including phenoxy) is 2. The zero-order valence-corrected chi connectivity index (χ0v) is 20.9. The molecule has 178 valence electrons. The molecule has 0 bridgehead atoms. The molecule has 9 heteroatoms. The highest BCUT2D eigenvalue weighted by Gasteiger charge is 2.33. The predicted molar refractivity (Wildman–Crippen MR) is 134 cm³/mol. The van der Waals surface area contributed by atoms with E-state index in [1.54, 1.807) is 38.1 Å². The minimum atomic E-state index is -0.679. The summed E-state index contributed by atoms with van der Waals surface area (Å²) in [5.41, 5.74) is 2.93. The fourth-order valence-corrected chi connectivity index (χ4v) is 5.09. The van der Waals surface area contributed by atoms with Crippen molar-refractivity contribution in [3.63, 3.8) is 0 Å². The van der Waals surface area contributed by atoms with Gasteiger partial charge in [0.05, 0.1) is 28.5 Å². The molecule has 0 unspecified atom stereocenters. The van der Waals surface area contributed by atoms with Crippen LogP contribution in [0.5, 0.6) is 5.75 Å². The Morgan fingerprint density at radius 2 is 2.00 bits per heavy atom. The van der Waals surface area contributed by atoms with Gasteiger partial charge in [0.15, 0.2) is 11.4 Å². The summed E-state index contributed by atoms with van der Waals surface area (Å²) in [7, 11) is 0. The summed E-state index contributed by atoms with van der Waals surface area (Å²) >= 11 is 7.39. The second kappa shape index (κ2) is 10.3. The Morgan fingerprint density at radius 3 is 2.69 bits per heavy atom. The van der Waals surface area contributed by atoms with Gasteiger partial charge in [0, 0.05) is 10.6 Å². The van der Waals surface area contributed by atoms with Gasteiger partial charge < -0.3 is 9.47 Å². The SMILES string of the molecule is CCOC(=O)C1=C(C)N=c2s/c(=C\c3cc(Cl)ccc3OCC#N)c(=O)n2[C@H]1c1ccc(C)cc1. The molecule has 1 aliphatic rings. The number of aromatic nitrogens is 1. The summed E-state index contributed by atoms with van der Waals surface area (Å²) in [6, 6.07) is 13.9. The quantitative estimate of drug-likeness (QED) is 0.475. The lowest BCUT2D eigenvalue weighted by molar-refractivity contribution is -0.139. The van der Waals surface area contributed by atoms with Crippen LogP contribution in [-0.2, 0) is 9.53 Å². The first kappa shape index (κ1) is 24.5. The third-order valence-electron chi connectivity index (χ3n) is 5.46. The maximum Gasteiger partial charge on any atom is 0.338 e. The van der Waals surface area contributed by atoms with Gasteiger partial charge in [-0.3, -0.25) is 9.36 Å². The average Bonchev–Trinajstić information content (AvgIpc) is 3.12. The van der Waals surface area contributed by atoms with Crippen molar-refractivity contribution in [1.29, 1.82) is 5.26 Å². The third-order valence-corrected chi connectivity index (χ3v) is 6.68. The standard InChI is InChI=1S/C26H22ClN3O4S/c1-4-33-25(32)22-16(3)29-26-30(23(22)17-7-5-15(2)6-8-17)24(31)21(35-26)14-18-13-19(27)9-10-20(18)34-12-11-28/h5-10,13-14,23H,4,12H2,1-3H3/b21-14-/t23-/m0/s1. The molecule has 7 nitrogen and oxygen atoms in total. The number of nitriles is 1. The van der Waals surface area contributed by atoms with E-state index in [0.29, 0.717) is 36.9 Å². The van der Waals surface area contributed by atoms with Crippen LogP contribution in [0.3, 0.4) is 0 Å². The minimum Gasteiger partial charge on any atom is -0.478 e. The molecule has 35 heavy (non-hydrogen) atoms. The Hall–Kier alpha value is -3.67. The van der Waals surface area contributed by atoms with E-state index in [1.807, 2.05) is 37.3 Å². The van der Waals surface area contributed by atoms with Gasteiger partial charge in [-0.2, -0.15) is 5.26 Å². The number of nitrogens with zero attached hydrogens (tertiary/aromatic N) is 3. The van der Waals surface area contributed by atoms with Crippen molar-refractivity contribution in [1.82, 2.24) is 4.57 Å². The molecule has 0 fully saturated rings. The average molecular weight is 508 g/mol. The van der Waals surface area contributed by atoms with E-state index in [-0.39, 0.29) is 18.8 Å². The van der Waals surface area contributed by atoms with Crippen molar-refractivity contribution in [2.45, 2.75) is 26.8 Å². The van der Waals surface area contributed by atoms with Crippen molar-refractivity contribution >= 4 is 35.0 Å². The van der Waals surface area contributed by atoms with Crippen LogP contribution in [0, 0.1) is 18.3 Å². The molecule has 4 rings (SSSR count). The zero-order chi connectivity index (χ0) is 25.1. The van der Waals surface area contributed by atoms with Crippen LogP contribution in [0.25, 0.3) is 6.08 Å². The van der Waals surface area contributed by atoms with Crippen LogP contribution >= 0.6 is 22.9 Å². The number of thiazole rings is 1. The summed E-state index contributed by atoms with van der Waals surface area (Å²) in [6.07, 6.45) is 1.66. The van der Waals surface area contributed by atoms with E-state index >= 15 is 0 Å². The predicted octanol–water partition coefficient (Wildman–Crippen LogP) is 3.66. The Balaban J connectivity index is 1.94. The second-order valence-corrected chi connectivity index (χ2v) is 9.29. The third kappa shape index (κ3) is 4.92. The number of rotatable bonds is 6. The zero-order valence-electron chi connectivity index (χ0n) is 19.4. The van der Waals surface area contributed by atoms with Crippen molar-refractivity contribution in [3.05, 3.63) is 95.1 Å². The van der Waals surface area contributed by atoms with Crippen LogP contribution in [0.1, 0.15) is 36.6 Å². The highest BCUT2D eigenvalue weighted by atomic mass is 35.5. The molecule has 0 saturated carbocycles. The lowest BCUT2D eigenvalue weighted by Crippen LogP contribution is -2.39. The van der Waals surface area contributed by atoms with Gasteiger partial charge in [0.25, 0.3) is 5.56 Å². The molecule has 1 aromatic heterocycles.